The normalized spacial score (nSPS) is 17.0. The molecule has 128 valence electrons. The molecule has 6 nitrogen and oxygen atoms in total. The van der Waals surface area contributed by atoms with E-state index in [9.17, 15) is 14.4 Å². The Balaban J connectivity index is 2.01. The summed E-state index contributed by atoms with van der Waals surface area (Å²) in [5, 5.41) is 8.48. The largest absolute Gasteiger partial charge is 0.494 e. The summed E-state index contributed by atoms with van der Waals surface area (Å²) in [5.74, 6) is -2.69. The molecule has 1 aromatic rings. The average molecular weight is 339 g/mol. The highest BCUT2D eigenvalue weighted by atomic mass is 16.5. The van der Waals surface area contributed by atoms with Gasteiger partial charge in [0, 0.05) is 12.5 Å². The number of hydrogen-bond donors (Lipinski definition) is 0. The number of carbonyl (C=O) groups is 3. The molecule has 0 aliphatic carbocycles. The van der Waals surface area contributed by atoms with Gasteiger partial charge in [0.05, 0.1) is 12.7 Å². The van der Waals surface area contributed by atoms with Crippen LogP contribution in [0.1, 0.15) is 25.3 Å². The van der Waals surface area contributed by atoms with Crippen LogP contribution in [-0.4, -0.2) is 24.1 Å². The summed E-state index contributed by atoms with van der Waals surface area (Å²) in [7, 11) is 0. The monoisotopic (exact) mass is 339 g/mol. The lowest BCUT2D eigenvalue weighted by atomic mass is 9.96. The summed E-state index contributed by atoms with van der Waals surface area (Å²) >= 11 is 0. The smallest absolute Gasteiger partial charge is 0.329 e. The Morgan fingerprint density at radius 1 is 1.40 bits per heavy atom. The molecule has 25 heavy (non-hydrogen) atoms. The van der Waals surface area contributed by atoms with E-state index < -0.39 is 23.5 Å². The van der Waals surface area contributed by atoms with Crippen molar-refractivity contribution in [3.63, 3.8) is 0 Å². The molecule has 0 saturated carbocycles. The van der Waals surface area contributed by atoms with Gasteiger partial charge in [-0.3, -0.25) is 14.4 Å². The number of benzene rings is 1. The minimum atomic E-state index is -1.44. The number of nitrogens with zero attached hydrogens (tertiary/aromatic N) is 1. The number of nitriles is 1. The van der Waals surface area contributed by atoms with Crippen LogP contribution in [0.15, 0.2) is 42.2 Å². The number of rotatable bonds is 7. The van der Waals surface area contributed by atoms with Crippen molar-refractivity contribution in [3.8, 4) is 11.8 Å². The van der Waals surface area contributed by atoms with E-state index in [1.165, 1.54) is 19.1 Å². The highest BCUT2D eigenvalue weighted by Gasteiger charge is 2.36. The third-order valence-corrected chi connectivity index (χ3v) is 3.41. The summed E-state index contributed by atoms with van der Waals surface area (Å²) in [5.41, 5.74) is 0.689. The second-order valence-corrected chi connectivity index (χ2v) is 5.43. The number of carbonyl (C=O) groups excluding carboxylic acids is 3. The summed E-state index contributed by atoms with van der Waals surface area (Å²) in [6, 6.07) is 9.05. The van der Waals surface area contributed by atoms with Crippen LogP contribution in [-0.2, 0) is 19.1 Å². The predicted molar refractivity (Wildman–Crippen MR) is 89.2 cm³/mol. The summed E-state index contributed by atoms with van der Waals surface area (Å²) in [6.45, 7) is 1.90. The van der Waals surface area contributed by atoms with Crippen molar-refractivity contribution in [1.82, 2.24) is 0 Å². The van der Waals surface area contributed by atoms with Gasteiger partial charge in [0.1, 0.15) is 11.5 Å². The second-order valence-electron chi connectivity index (χ2n) is 5.43. The Kier molecular flexibility index (Phi) is 6.24. The summed E-state index contributed by atoms with van der Waals surface area (Å²) in [6.07, 6.45) is 4.90. The van der Waals surface area contributed by atoms with Crippen molar-refractivity contribution in [3.05, 3.63) is 47.7 Å². The van der Waals surface area contributed by atoms with E-state index in [0.29, 0.717) is 30.8 Å². The van der Waals surface area contributed by atoms with Crippen molar-refractivity contribution in [2.45, 2.75) is 19.8 Å². The maximum atomic E-state index is 12.1. The SMILES string of the molecule is CC1=CC(=O)C(C(=O)C=Cc2cccc(OCCCC#N)c2)C(=O)O1. The van der Waals surface area contributed by atoms with Gasteiger partial charge in [0.15, 0.2) is 17.5 Å². The number of esters is 1. The van der Waals surface area contributed by atoms with Gasteiger partial charge in [-0.1, -0.05) is 18.2 Å². The molecule has 0 spiro atoms. The zero-order valence-corrected chi connectivity index (χ0v) is 13.7. The highest BCUT2D eigenvalue weighted by Crippen LogP contribution is 2.18. The van der Waals surface area contributed by atoms with Crippen LogP contribution in [0, 0.1) is 17.2 Å². The zero-order valence-electron chi connectivity index (χ0n) is 13.7. The second kappa shape index (κ2) is 8.60. The van der Waals surface area contributed by atoms with Crippen molar-refractivity contribution in [2.75, 3.05) is 6.61 Å². The van der Waals surface area contributed by atoms with Crippen molar-refractivity contribution in [2.24, 2.45) is 5.92 Å². The van der Waals surface area contributed by atoms with Crippen molar-refractivity contribution >= 4 is 23.6 Å². The minimum absolute atomic E-state index is 0.185. The summed E-state index contributed by atoms with van der Waals surface area (Å²) in [4.78, 5) is 35.7. The van der Waals surface area contributed by atoms with E-state index in [1.807, 2.05) is 6.07 Å². The molecule has 1 unspecified atom stereocenters. The number of cyclic esters (lactones) is 1. The molecule has 6 heteroatoms. The molecule has 0 saturated heterocycles. The fourth-order valence-corrected chi connectivity index (χ4v) is 2.23. The van der Waals surface area contributed by atoms with Gasteiger partial charge in [0.2, 0.25) is 0 Å². The van der Waals surface area contributed by atoms with E-state index >= 15 is 0 Å². The van der Waals surface area contributed by atoms with E-state index in [0.717, 1.165) is 6.08 Å². The Hall–Kier alpha value is -3.20. The maximum absolute atomic E-state index is 12.1. The molecule has 0 N–H and O–H groups in total. The first-order valence-corrected chi connectivity index (χ1v) is 7.77. The standard InChI is InChI=1S/C19H17NO5/c1-13-11-17(22)18(19(23)25-13)16(21)8-7-14-5-4-6-15(12-14)24-10-3-2-9-20/h4-8,11-12,18H,2-3,10H2,1H3. The molecule has 0 aromatic heterocycles. The lowest BCUT2D eigenvalue weighted by molar-refractivity contribution is -0.151. The minimum Gasteiger partial charge on any atom is -0.494 e. The molecule has 1 atom stereocenters. The molecule has 1 heterocycles. The molecular formula is C19H17NO5. The number of unbranched alkanes of at least 4 members (excludes halogenated alkanes) is 1. The van der Waals surface area contributed by atoms with E-state index in [4.69, 9.17) is 14.7 Å². The molecule has 2 rings (SSSR count). The lowest BCUT2D eigenvalue weighted by Gasteiger charge is -2.15. The first-order valence-electron chi connectivity index (χ1n) is 7.77. The molecule has 0 bridgehead atoms. The molecule has 0 fully saturated rings. The van der Waals surface area contributed by atoms with Crippen LogP contribution in [0.25, 0.3) is 6.08 Å². The molecule has 1 aliphatic rings. The Morgan fingerprint density at radius 3 is 2.92 bits per heavy atom. The predicted octanol–water partition coefficient (Wildman–Crippen LogP) is 2.60. The number of hydrogen-bond acceptors (Lipinski definition) is 6. The third kappa shape index (κ3) is 5.15. The van der Waals surface area contributed by atoms with Crippen molar-refractivity contribution < 1.29 is 23.9 Å². The number of allylic oxidation sites excluding steroid dienone is 3. The van der Waals surface area contributed by atoms with E-state index in [-0.39, 0.29) is 5.76 Å². The highest BCUT2D eigenvalue weighted by molar-refractivity contribution is 6.25. The Bertz CT molecular complexity index is 785. The lowest BCUT2D eigenvalue weighted by Crippen LogP contribution is -2.34. The van der Waals surface area contributed by atoms with Crippen LogP contribution in [0.3, 0.4) is 0 Å². The van der Waals surface area contributed by atoms with Gasteiger partial charge in [-0.15, -0.1) is 0 Å². The van der Waals surface area contributed by atoms with E-state index in [1.54, 1.807) is 24.3 Å². The molecule has 1 aromatic carbocycles. The van der Waals surface area contributed by atoms with Gasteiger partial charge >= 0.3 is 5.97 Å². The van der Waals surface area contributed by atoms with Gasteiger partial charge in [0.25, 0.3) is 0 Å². The number of ether oxygens (including phenoxy) is 2. The van der Waals surface area contributed by atoms with Crippen LogP contribution in [0.5, 0.6) is 5.75 Å². The first kappa shape index (κ1) is 18.1. The zero-order chi connectivity index (χ0) is 18.2. The van der Waals surface area contributed by atoms with E-state index in [2.05, 4.69) is 0 Å². The third-order valence-electron chi connectivity index (χ3n) is 3.41. The molecule has 0 amide bonds. The first-order chi connectivity index (χ1) is 12.0. The molecule has 1 aliphatic heterocycles. The maximum Gasteiger partial charge on any atom is 0.329 e. The van der Waals surface area contributed by atoms with Gasteiger partial charge < -0.3 is 9.47 Å². The van der Waals surface area contributed by atoms with Crippen LogP contribution in [0.4, 0.5) is 0 Å². The molecular weight excluding hydrogens is 322 g/mol. The van der Waals surface area contributed by atoms with Crippen LogP contribution < -0.4 is 4.74 Å². The van der Waals surface area contributed by atoms with Gasteiger partial charge in [-0.05, 0) is 37.1 Å². The van der Waals surface area contributed by atoms with Gasteiger partial charge in [-0.25, -0.2) is 0 Å². The topological polar surface area (TPSA) is 93.5 Å². The quantitative estimate of drug-likeness (QED) is 0.328. The fourth-order valence-electron chi connectivity index (χ4n) is 2.23. The summed E-state index contributed by atoms with van der Waals surface area (Å²) < 4.78 is 10.3. The van der Waals surface area contributed by atoms with Crippen LogP contribution in [0.2, 0.25) is 0 Å². The van der Waals surface area contributed by atoms with Crippen LogP contribution >= 0.6 is 0 Å². The average Bonchev–Trinajstić information content (AvgIpc) is 2.56. The van der Waals surface area contributed by atoms with Gasteiger partial charge in [-0.2, -0.15) is 5.26 Å². The Labute approximate surface area is 145 Å². The Morgan fingerprint density at radius 2 is 2.20 bits per heavy atom. The molecule has 0 radical (unpaired) electrons. The van der Waals surface area contributed by atoms with Crippen molar-refractivity contribution in [1.29, 1.82) is 5.26 Å². The fraction of sp³-hybridized carbons (Fsp3) is 0.263. The number of ketones is 2.